The number of nitrogens with one attached hydrogen (secondary N) is 1. The number of amides is 2. The summed E-state index contributed by atoms with van der Waals surface area (Å²) in [6.07, 6.45) is 1.42. The molecule has 2 unspecified atom stereocenters. The average Bonchev–Trinajstić information content (AvgIpc) is 3.05. The number of hydrogen-bond acceptors (Lipinski definition) is 2. The van der Waals surface area contributed by atoms with E-state index in [-0.39, 0.29) is 17.5 Å². The van der Waals surface area contributed by atoms with E-state index in [1.165, 1.54) is 5.56 Å². The van der Waals surface area contributed by atoms with Crippen LogP contribution in [-0.2, 0) is 11.2 Å². The quantitative estimate of drug-likeness (QED) is 0.827. The molecule has 0 bridgehead atoms. The monoisotopic (exact) mass is 380 g/mol. The second-order valence-electron chi connectivity index (χ2n) is 7.13. The Morgan fingerprint density at radius 2 is 2.13 bits per heavy atom. The maximum Gasteiger partial charge on any atom is 0.317 e. The van der Waals surface area contributed by atoms with Crippen molar-refractivity contribution in [1.82, 2.24) is 10.2 Å². The second kappa shape index (κ2) is 5.82. The van der Waals surface area contributed by atoms with Gasteiger partial charge in [-0.2, -0.15) is 0 Å². The van der Waals surface area contributed by atoms with E-state index in [1.807, 2.05) is 12.1 Å². The lowest BCUT2D eigenvalue weighted by atomic mass is 9.85. The fraction of sp³-hybridized carbons (Fsp3) is 0.529. The standard InChI is InChI=1S/C17H21BrN2O3/c1-17(2)8-12-11(4-3-5-13(12)18)14(17)19-16(23)20-7-6-10(9-20)15(21)22/h3-5,10,14H,6-9H2,1-2H3,(H,19,23)(H,21,22). The molecule has 1 aliphatic heterocycles. The average molecular weight is 381 g/mol. The van der Waals surface area contributed by atoms with Gasteiger partial charge in [0.25, 0.3) is 0 Å². The van der Waals surface area contributed by atoms with Crippen LogP contribution in [0.4, 0.5) is 4.79 Å². The molecule has 1 heterocycles. The first-order valence-corrected chi connectivity index (χ1v) is 8.64. The van der Waals surface area contributed by atoms with Gasteiger partial charge in [-0.25, -0.2) is 4.79 Å². The smallest absolute Gasteiger partial charge is 0.317 e. The van der Waals surface area contributed by atoms with E-state index in [2.05, 4.69) is 41.2 Å². The molecule has 2 atom stereocenters. The van der Waals surface area contributed by atoms with E-state index in [9.17, 15) is 9.59 Å². The molecule has 1 saturated heterocycles. The third-order valence-corrected chi connectivity index (χ3v) is 5.72. The highest BCUT2D eigenvalue weighted by Gasteiger charge is 2.42. The number of benzene rings is 1. The van der Waals surface area contributed by atoms with Crippen LogP contribution in [0, 0.1) is 11.3 Å². The van der Waals surface area contributed by atoms with Crippen molar-refractivity contribution in [2.45, 2.75) is 32.7 Å². The molecule has 124 valence electrons. The molecule has 6 heteroatoms. The molecule has 23 heavy (non-hydrogen) atoms. The van der Waals surface area contributed by atoms with Crippen LogP contribution in [0.5, 0.6) is 0 Å². The number of rotatable bonds is 2. The Hall–Kier alpha value is -1.56. The maximum absolute atomic E-state index is 12.6. The van der Waals surface area contributed by atoms with Gasteiger partial charge >= 0.3 is 12.0 Å². The van der Waals surface area contributed by atoms with Gasteiger partial charge in [-0.15, -0.1) is 0 Å². The summed E-state index contributed by atoms with van der Waals surface area (Å²) in [6.45, 7) is 5.09. The van der Waals surface area contributed by atoms with Crippen molar-refractivity contribution in [3.63, 3.8) is 0 Å². The fourth-order valence-corrected chi connectivity index (χ4v) is 4.17. The summed E-state index contributed by atoms with van der Waals surface area (Å²) >= 11 is 3.59. The minimum absolute atomic E-state index is 0.0635. The Labute approximate surface area is 144 Å². The summed E-state index contributed by atoms with van der Waals surface area (Å²) < 4.78 is 1.08. The molecule has 1 fully saturated rings. The summed E-state index contributed by atoms with van der Waals surface area (Å²) in [5.41, 5.74) is 2.31. The van der Waals surface area contributed by atoms with E-state index in [0.29, 0.717) is 19.5 Å². The van der Waals surface area contributed by atoms with E-state index in [4.69, 9.17) is 5.11 Å². The van der Waals surface area contributed by atoms with E-state index >= 15 is 0 Å². The van der Waals surface area contributed by atoms with Crippen LogP contribution in [0.1, 0.15) is 37.4 Å². The fourth-order valence-electron chi connectivity index (χ4n) is 3.65. The van der Waals surface area contributed by atoms with Crippen LogP contribution in [0.3, 0.4) is 0 Å². The van der Waals surface area contributed by atoms with Gasteiger partial charge in [0.05, 0.1) is 12.0 Å². The first-order valence-electron chi connectivity index (χ1n) is 7.85. The van der Waals surface area contributed by atoms with Crippen LogP contribution in [0.25, 0.3) is 0 Å². The Morgan fingerprint density at radius 1 is 1.39 bits per heavy atom. The number of carboxylic acid groups (broad SMARTS) is 1. The molecule has 1 aliphatic carbocycles. The van der Waals surface area contributed by atoms with Crippen molar-refractivity contribution in [1.29, 1.82) is 0 Å². The van der Waals surface area contributed by atoms with Crippen LogP contribution in [-0.4, -0.2) is 35.1 Å². The minimum atomic E-state index is -0.823. The highest BCUT2D eigenvalue weighted by atomic mass is 79.9. The normalized spacial score (nSPS) is 25.3. The number of carbonyl (C=O) groups is 2. The second-order valence-corrected chi connectivity index (χ2v) is 7.98. The molecule has 0 spiro atoms. The molecule has 2 amide bonds. The molecule has 0 saturated carbocycles. The molecule has 3 rings (SSSR count). The SMILES string of the molecule is CC1(C)Cc2c(Br)cccc2C1NC(=O)N1CCC(C(=O)O)C1. The van der Waals surface area contributed by atoms with Crippen molar-refractivity contribution in [3.8, 4) is 0 Å². The summed E-state index contributed by atoms with van der Waals surface area (Å²) in [6, 6.07) is 5.84. The van der Waals surface area contributed by atoms with Crippen molar-refractivity contribution >= 4 is 27.9 Å². The molecule has 0 aromatic heterocycles. The Bertz CT molecular complexity index is 659. The van der Waals surface area contributed by atoms with Gasteiger partial charge in [0.15, 0.2) is 0 Å². The number of nitrogens with zero attached hydrogens (tertiary/aromatic N) is 1. The number of likely N-dealkylation sites (tertiary alicyclic amines) is 1. The lowest BCUT2D eigenvalue weighted by Crippen LogP contribution is -2.43. The molecule has 1 aromatic carbocycles. The summed E-state index contributed by atoms with van der Waals surface area (Å²) in [4.78, 5) is 25.2. The molecular formula is C17H21BrN2O3. The number of fused-ring (bicyclic) bond motifs is 1. The summed E-state index contributed by atoms with van der Waals surface area (Å²) in [5, 5.41) is 12.2. The van der Waals surface area contributed by atoms with Gasteiger partial charge < -0.3 is 15.3 Å². The first kappa shape index (κ1) is 16.3. The molecular weight excluding hydrogens is 360 g/mol. The first-order chi connectivity index (χ1) is 10.8. The van der Waals surface area contributed by atoms with Gasteiger partial charge in [-0.1, -0.05) is 41.9 Å². The Balaban J connectivity index is 1.76. The van der Waals surface area contributed by atoms with Crippen molar-refractivity contribution < 1.29 is 14.7 Å². The number of urea groups is 1. The van der Waals surface area contributed by atoms with Crippen LogP contribution in [0.15, 0.2) is 22.7 Å². The largest absolute Gasteiger partial charge is 0.481 e. The predicted octanol–water partition coefficient (Wildman–Crippen LogP) is 3.19. The van der Waals surface area contributed by atoms with E-state index in [0.717, 1.165) is 16.5 Å². The number of carboxylic acids is 1. The van der Waals surface area contributed by atoms with Crippen molar-refractivity contribution in [3.05, 3.63) is 33.8 Å². The van der Waals surface area contributed by atoms with Gasteiger partial charge in [0.2, 0.25) is 0 Å². The number of carbonyl (C=O) groups excluding carboxylic acids is 1. The third kappa shape index (κ3) is 2.96. The minimum Gasteiger partial charge on any atom is -0.481 e. The number of halogens is 1. The third-order valence-electron chi connectivity index (χ3n) is 4.97. The van der Waals surface area contributed by atoms with Crippen molar-refractivity contribution in [2.75, 3.05) is 13.1 Å². The van der Waals surface area contributed by atoms with Crippen LogP contribution < -0.4 is 5.32 Å². The lowest BCUT2D eigenvalue weighted by Gasteiger charge is -2.30. The van der Waals surface area contributed by atoms with E-state index in [1.54, 1.807) is 4.90 Å². The van der Waals surface area contributed by atoms with Gasteiger partial charge in [0.1, 0.15) is 0 Å². The number of aliphatic carboxylic acids is 1. The molecule has 5 nitrogen and oxygen atoms in total. The van der Waals surface area contributed by atoms with Crippen molar-refractivity contribution in [2.24, 2.45) is 11.3 Å². The molecule has 2 aliphatic rings. The Kier molecular flexibility index (Phi) is 4.12. The zero-order valence-electron chi connectivity index (χ0n) is 13.3. The zero-order valence-corrected chi connectivity index (χ0v) is 14.9. The molecule has 2 N–H and O–H groups in total. The Morgan fingerprint density at radius 3 is 2.78 bits per heavy atom. The maximum atomic E-state index is 12.6. The van der Waals surface area contributed by atoms with Crippen LogP contribution in [0.2, 0.25) is 0 Å². The molecule has 1 aromatic rings. The van der Waals surface area contributed by atoms with Gasteiger partial charge in [0, 0.05) is 17.6 Å². The van der Waals surface area contributed by atoms with E-state index < -0.39 is 11.9 Å². The summed E-state index contributed by atoms with van der Waals surface area (Å²) in [5.74, 6) is -1.27. The van der Waals surface area contributed by atoms with Gasteiger partial charge in [-0.3, -0.25) is 4.79 Å². The topological polar surface area (TPSA) is 69.6 Å². The predicted molar refractivity (Wildman–Crippen MR) is 90.2 cm³/mol. The highest BCUT2D eigenvalue weighted by molar-refractivity contribution is 9.10. The zero-order chi connectivity index (χ0) is 16.8. The van der Waals surface area contributed by atoms with Crippen LogP contribution >= 0.6 is 15.9 Å². The summed E-state index contributed by atoms with van der Waals surface area (Å²) in [7, 11) is 0. The lowest BCUT2D eigenvalue weighted by molar-refractivity contribution is -0.141. The molecule has 0 radical (unpaired) electrons. The highest BCUT2D eigenvalue weighted by Crippen LogP contribution is 2.47. The van der Waals surface area contributed by atoms with Gasteiger partial charge in [-0.05, 0) is 35.4 Å². The number of hydrogen-bond donors (Lipinski definition) is 2.